The molecule has 28 heavy (non-hydrogen) atoms. The highest BCUT2D eigenvalue weighted by atomic mass is 35.5. The fourth-order valence-corrected chi connectivity index (χ4v) is 3.68. The van der Waals surface area contributed by atoms with Gasteiger partial charge in [-0.15, -0.1) is 11.6 Å². The van der Waals surface area contributed by atoms with E-state index in [2.05, 4.69) is 11.5 Å². The highest BCUT2D eigenvalue weighted by Crippen LogP contribution is 2.27. The van der Waals surface area contributed by atoms with E-state index in [0.29, 0.717) is 26.0 Å². The minimum atomic E-state index is -0.192. The van der Waals surface area contributed by atoms with E-state index in [1.165, 1.54) is 0 Å². The Labute approximate surface area is 172 Å². The number of aromatic nitrogens is 1. The third kappa shape index (κ3) is 5.16. The molecule has 2 rings (SSSR count). The highest BCUT2D eigenvalue weighted by Gasteiger charge is 2.21. The van der Waals surface area contributed by atoms with Gasteiger partial charge in [-0.3, -0.25) is 9.59 Å². The molecule has 1 aromatic heterocycles. The van der Waals surface area contributed by atoms with Gasteiger partial charge in [-0.05, 0) is 57.4 Å². The van der Waals surface area contributed by atoms with Gasteiger partial charge < -0.3 is 14.2 Å². The minimum Gasteiger partial charge on any atom is -0.466 e. The molecule has 0 saturated heterocycles. The lowest BCUT2D eigenvalue weighted by molar-refractivity contribution is -0.143. The number of rotatable bonds is 9. The molecule has 6 heteroatoms. The van der Waals surface area contributed by atoms with Crippen molar-refractivity contribution < 1.29 is 14.3 Å². The second-order valence-corrected chi connectivity index (χ2v) is 6.99. The first-order valence-corrected chi connectivity index (χ1v) is 10.2. The summed E-state index contributed by atoms with van der Waals surface area (Å²) in [4.78, 5) is 26.1. The van der Waals surface area contributed by atoms with Gasteiger partial charge in [0, 0.05) is 23.6 Å². The highest BCUT2D eigenvalue weighted by molar-refractivity contribution is 6.29. The van der Waals surface area contributed by atoms with E-state index in [9.17, 15) is 9.59 Å². The van der Waals surface area contributed by atoms with E-state index in [4.69, 9.17) is 16.3 Å². The maximum atomic E-state index is 12.6. The first-order valence-electron chi connectivity index (χ1n) is 9.68. The molecule has 0 spiro atoms. The normalized spacial score (nSPS) is 10.8. The number of carbonyl (C=O) groups is 2. The first-order chi connectivity index (χ1) is 13.4. The van der Waals surface area contributed by atoms with Crippen LogP contribution in [0.2, 0.25) is 0 Å². The van der Waals surface area contributed by atoms with E-state index in [0.717, 1.165) is 34.7 Å². The second kappa shape index (κ2) is 10.3. The van der Waals surface area contributed by atoms with E-state index < -0.39 is 0 Å². The summed E-state index contributed by atoms with van der Waals surface area (Å²) < 4.78 is 7.18. The van der Waals surface area contributed by atoms with Gasteiger partial charge in [-0.2, -0.15) is 0 Å². The van der Waals surface area contributed by atoms with Crippen LogP contribution in [0.25, 0.3) is 0 Å². The Morgan fingerprint density at radius 3 is 2.29 bits per heavy atom. The number of anilines is 1. The van der Waals surface area contributed by atoms with Crippen LogP contribution in [0.15, 0.2) is 30.3 Å². The average molecular weight is 405 g/mol. The van der Waals surface area contributed by atoms with Gasteiger partial charge in [0.15, 0.2) is 0 Å². The summed E-state index contributed by atoms with van der Waals surface area (Å²) in [6.45, 7) is 9.45. The fourth-order valence-electron chi connectivity index (χ4n) is 3.54. The van der Waals surface area contributed by atoms with Crippen LogP contribution in [0.4, 0.5) is 5.69 Å². The number of aryl methyl sites for hydroxylation is 3. The quantitative estimate of drug-likeness (QED) is 0.460. The lowest BCUT2D eigenvalue weighted by atomic mass is 10.1. The van der Waals surface area contributed by atoms with Crippen molar-refractivity contribution in [3.05, 3.63) is 52.8 Å². The molecule has 5 nitrogen and oxygen atoms in total. The number of para-hydroxylation sites is 1. The van der Waals surface area contributed by atoms with Gasteiger partial charge in [0.25, 0.3) is 0 Å². The molecule has 0 aliphatic carbocycles. The average Bonchev–Trinajstić information content (AvgIpc) is 3.06. The second-order valence-electron chi connectivity index (χ2n) is 6.72. The Balaban J connectivity index is 2.30. The van der Waals surface area contributed by atoms with Crippen LogP contribution < -0.4 is 4.90 Å². The van der Waals surface area contributed by atoms with Crippen LogP contribution in [0, 0.1) is 13.8 Å². The van der Waals surface area contributed by atoms with Crippen LogP contribution in [0.3, 0.4) is 0 Å². The van der Waals surface area contributed by atoms with Crippen molar-refractivity contribution >= 4 is 29.2 Å². The standard InChI is InChI=1S/C22H29ClN2O3/c1-5-24-18(12-13-21(27)28-6-2)10-11-19(24)15-25(20(26)14-23)22-16(3)8-7-9-17(22)4/h7-11H,5-6,12-15H2,1-4H3. The zero-order valence-corrected chi connectivity index (χ0v) is 17.9. The number of carbonyl (C=O) groups excluding carboxylic acids is 2. The number of hydrogen-bond donors (Lipinski definition) is 0. The van der Waals surface area contributed by atoms with E-state index in [1.807, 2.05) is 44.2 Å². The molecule has 0 N–H and O–H groups in total. The van der Waals surface area contributed by atoms with Crippen molar-refractivity contribution in [2.24, 2.45) is 0 Å². The number of esters is 1. The molecule has 1 heterocycles. The molecule has 0 radical (unpaired) electrons. The smallest absolute Gasteiger partial charge is 0.306 e. The maximum absolute atomic E-state index is 12.6. The third-order valence-corrected chi connectivity index (χ3v) is 5.04. The van der Waals surface area contributed by atoms with Crippen molar-refractivity contribution in [3.8, 4) is 0 Å². The topological polar surface area (TPSA) is 51.5 Å². The zero-order chi connectivity index (χ0) is 20.7. The summed E-state index contributed by atoms with van der Waals surface area (Å²) in [5, 5.41) is 0. The van der Waals surface area contributed by atoms with Crippen molar-refractivity contribution in [1.29, 1.82) is 0 Å². The predicted molar refractivity (Wildman–Crippen MR) is 113 cm³/mol. The maximum Gasteiger partial charge on any atom is 0.306 e. The summed E-state index contributed by atoms with van der Waals surface area (Å²) in [5.41, 5.74) is 5.06. The van der Waals surface area contributed by atoms with Crippen molar-refractivity contribution in [1.82, 2.24) is 4.57 Å². The predicted octanol–water partition coefficient (Wildman–Crippen LogP) is 4.39. The third-order valence-electron chi connectivity index (χ3n) is 4.81. The lowest BCUT2D eigenvalue weighted by Crippen LogP contribution is -2.33. The SMILES string of the molecule is CCOC(=O)CCc1ccc(CN(C(=O)CCl)c2c(C)cccc2C)n1CC. The van der Waals surface area contributed by atoms with Crippen LogP contribution >= 0.6 is 11.6 Å². The molecule has 0 fully saturated rings. The molecular formula is C22H29ClN2O3. The number of amides is 1. The Hall–Kier alpha value is -2.27. The molecule has 0 aliphatic rings. The summed E-state index contributed by atoms with van der Waals surface area (Å²) in [6, 6.07) is 10.0. The minimum absolute atomic E-state index is 0.0731. The first kappa shape index (κ1) is 22.0. The molecule has 1 aromatic carbocycles. The molecule has 0 saturated carbocycles. The van der Waals surface area contributed by atoms with E-state index in [-0.39, 0.29) is 17.8 Å². The van der Waals surface area contributed by atoms with Crippen LogP contribution in [-0.4, -0.2) is 28.9 Å². The van der Waals surface area contributed by atoms with Crippen LogP contribution in [0.5, 0.6) is 0 Å². The van der Waals surface area contributed by atoms with E-state index in [1.54, 1.807) is 11.8 Å². The Morgan fingerprint density at radius 2 is 1.71 bits per heavy atom. The lowest BCUT2D eigenvalue weighted by Gasteiger charge is -2.26. The van der Waals surface area contributed by atoms with E-state index >= 15 is 0 Å². The fraction of sp³-hybridized carbons (Fsp3) is 0.455. The van der Waals surface area contributed by atoms with Crippen molar-refractivity contribution in [2.75, 3.05) is 17.4 Å². The number of ether oxygens (including phenoxy) is 1. The van der Waals surface area contributed by atoms with Crippen molar-refractivity contribution in [3.63, 3.8) is 0 Å². The molecular weight excluding hydrogens is 376 g/mol. The van der Waals surface area contributed by atoms with Gasteiger partial charge >= 0.3 is 5.97 Å². The summed E-state index contributed by atoms with van der Waals surface area (Å²) in [6.07, 6.45) is 0.956. The zero-order valence-electron chi connectivity index (χ0n) is 17.1. The Morgan fingerprint density at radius 1 is 1.07 bits per heavy atom. The number of hydrogen-bond acceptors (Lipinski definition) is 3. The number of halogens is 1. The molecule has 0 atom stereocenters. The molecule has 0 unspecified atom stereocenters. The molecule has 0 bridgehead atoms. The van der Waals surface area contributed by atoms with Gasteiger partial charge in [0.05, 0.1) is 19.6 Å². The Kier molecular flexibility index (Phi) is 8.12. The monoisotopic (exact) mass is 404 g/mol. The summed E-state index contributed by atoms with van der Waals surface area (Å²) in [5.74, 6) is -0.394. The summed E-state index contributed by atoms with van der Waals surface area (Å²) >= 11 is 5.91. The number of benzene rings is 1. The largest absolute Gasteiger partial charge is 0.466 e. The van der Waals surface area contributed by atoms with Gasteiger partial charge in [0.2, 0.25) is 5.91 Å². The van der Waals surface area contributed by atoms with Crippen LogP contribution in [0.1, 0.15) is 42.8 Å². The number of alkyl halides is 1. The Bertz CT molecular complexity index is 809. The molecule has 0 aliphatic heterocycles. The summed E-state index contributed by atoms with van der Waals surface area (Å²) in [7, 11) is 0. The van der Waals surface area contributed by atoms with Gasteiger partial charge in [0.1, 0.15) is 5.88 Å². The van der Waals surface area contributed by atoms with Gasteiger partial charge in [-0.25, -0.2) is 0 Å². The van der Waals surface area contributed by atoms with Crippen molar-refractivity contribution in [2.45, 2.75) is 53.6 Å². The number of nitrogens with zero attached hydrogens (tertiary/aromatic N) is 2. The molecule has 2 aromatic rings. The van der Waals surface area contributed by atoms with Crippen LogP contribution in [-0.2, 0) is 33.8 Å². The molecule has 1 amide bonds. The molecule has 152 valence electrons. The van der Waals surface area contributed by atoms with Gasteiger partial charge in [-0.1, -0.05) is 18.2 Å².